The maximum atomic E-state index is 11.7. The molecule has 0 aromatic heterocycles. The summed E-state index contributed by atoms with van der Waals surface area (Å²) in [6, 6.07) is 7.90. The second-order valence-corrected chi connectivity index (χ2v) is 4.77. The number of carbonyl (C=O) groups excluding carboxylic acids is 1. The highest BCUT2D eigenvalue weighted by Gasteiger charge is 2.18. The van der Waals surface area contributed by atoms with Gasteiger partial charge in [0.1, 0.15) is 5.75 Å². The van der Waals surface area contributed by atoms with Crippen molar-refractivity contribution in [2.24, 2.45) is 5.73 Å². The number of rotatable bonds is 8. The summed E-state index contributed by atoms with van der Waals surface area (Å²) in [7, 11) is 3.64. The lowest BCUT2D eigenvalue weighted by Gasteiger charge is -2.27. The zero-order chi connectivity index (χ0) is 15.0. The molecule has 0 heterocycles. The smallest absolute Gasteiger partial charge is 0.221 e. The van der Waals surface area contributed by atoms with E-state index in [1.165, 1.54) is 0 Å². The Kier molecular flexibility index (Phi) is 7.04. The number of nitrogens with two attached hydrogens (primary N) is 1. The third-order valence-corrected chi connectivity index (χ3v) is 3.30. The van der Waals surface area contributed by atoms with Crippen LogP contribution >= 0.6 is 0 Å². The van der Waals surface area contributed by atoms with E-state index in [1.54, 1.807) is 7.11 Å². The van der Waals surface area contributed by atoms with Gasteiger partial charge >= 0.3 is 0 Å². The molecule has 0 fully saturated rings. The Balaban J connectivity index is 2.67. The molecular formula is C15H25N3O2. The fourth-order valence-electron chi connectivity index (χ4n) is 2.13. The number of hydrogen-bond acceptors (Lipinski definition) is 4. The predicted molar refractivity (Wildman–Crippen MR) is 80.6 cm³/mol. The van der Waals surface area contributed by atoms with Crippen molar-refractivity contribution in [1.29, 1.82) is 0 Å². The van der Waals surface area contributed by atoms with Crippen LogP contribution in [0.15, 0.2) is 24.3 Å². The molecule has 1 amide bonds. The summed E-state index contributed by atoms with van der Waals surface area (Å²) in [5.74, 6) is 0.892. The van der Waals surface area contributed by atoms with Gasteiger partial charge in [-0.3, -0.25) is 9.69 Å². The van der Waals surface area contributed by atoms with Gasteiger partial charge in [-0.15, -0.1) is 0 Å². The topological polar surface area (TPSA) is 67.6 Å². The van der Waals surface area contributed by atoms with Crippen LogP contribution in [0.5, 0.6) is 5.75 Å². The first-order valence-electron chi connectivity index (χ1n) is 6.91. The van der Waals surface area contributed by atoms with Crippen LogP contribution in [0.3, 0.4) is 0 Å². The molecule has 0 aliphatic rings. The molecule has 0 saturated carbocycles. The molecule has 0 bridgehead atoms. The molecule has 1 aromatic carbocycles. The van der Waals surface area contributed by atoms with Crippen LogP contribution in [-0.4, -0.2) is 44.1 Å². The Hall–Kier alpha value is -1.59. The molecule has 3 N–H and O–H groups in total. The molecule has 1 unspecified atom stereocenters. The molecule has 112 valence electrons. The first-order chi connectivity index (χ1) is 9.62. The van der Waals surface area contributed by atoms with Gasteiger partial charge < -0.3 is 15.8 Å². The Labute approximate surface area is 121 Å². The van der Waals surface area contributed by atoms with Crippen LogP contribution in [0, 0.1) is 0 Å². The fraction of sp³-hybridized carbons (Fsp3) is 0.533. The Morgan fingerprint density at radius 3 is 2.75 bits per heavy atom. The van der Waals surface area contributed by atoms with Crippen molar-refractivity contribution in [3.63, 3.8) is 0 Å². The Bertz CT molecular complexity index is 423. The van der Waals surface area contributed by atoms with E-state index in [-0.39, 0.29) is 11.9 Å². The molecule has 1 aromatic rings. The third kappa shape index (κ3) is 4.83. The molecule has 20 heavy (non-hydrogen) atoms. The second-order valence-electron chi connectivity index (χ2n) is 4.77. The number of methoxy groups -OCH3 is 1. The molecule has 5 heteroatoms. The van der Waals surface area contributed by atoms with E-state index in [4.69, 9.17) is 10.5 Å². The minimum atomic E-state index is 0.0199. The highest BCUT2D eigenvalue weighted by Crippen LogP contribution is 2.19. The maximum absolute atomic E-state index is 11.7. The average molecular weight is 279 g/mol. The third-order valence-electron chi connectivity index (χ3n) is 3.30. The van der Waals surface area contributed by atoms with Gasteiger partial charge in [0.25, 0.3) is 0 Å². The lowest BCUT2D eigenvalue weighted by atomic mass is 10.1. The van der Waals surface area contributed by atoms with Gasteiger partial charge in [0, 0.05) is 37.7 Å². The molecule has 0 aliphatic carbocycles. The number of amides is 1. The predicted octanol–water partition coefficient (Wildman–Crippen LogP) is 0.981. The number of para-hydroxylation sites is 1. The summed E-state index contributed by atoms with van der Waals surface area (Å²) in [6.07, 6.45) is 0.413. The van der Waals surface area contributed by atoms with Crippen molar-refractivity contribution in [2.75, 3.05) is 27.2 Å². The highest BCUT2D eigenvalue weighted by atomic mass is 16.5. The van der Waals surface area contributed by atoms with Crippen LogP contribution in [0.25, 0.3) is 0 Å². The van der Waals surface area contributed by atoms with Crippen LogP contribution in [-0.2, 0) is 11.3 Å². The summed E-state index contributed by atoms with van der Waals surface area (Å²) < 4.78 is 5.34. The summed E-state index contributed by atoms with van der Waals surface area (Å²) >= 11 is 0. The molecule has 0 saturated heterocycles. The van der Waals surface area contributed by atoms with E-state index in [9.17, 15) is 4.79 Å². The van der Waals surface area contributed by atoms with Gasteiger partial charge in [-0.2, -0.15) is 0 Å². The van der Waals surface area contributed by atoms with Crippen molar-refractivity contribution >= 4 is 5.91 Å². The normalized spacial score (nSPS) is 12.2. The standard InChI is InChI=1S/C15H25N3O2/c1-4-17-15(19)9-13(10-16)18(2)11-12-7-5-6-8-14(12)20-3/h5-8,13H,4,9-11,16H2,1-3H3,(H,17,19). The number of benzene rings is 1. The van der Waals surface area contributed by atoms with Crippen molar-refractivity contribution in [3.05, 3.63) is 29.8 Å². The second kappa shape index (κ2) is 8.55. The van der Waals surface area contributed by atoms with Crippen LogP contribution < -0.4 is 15.8 Å². The summed E-state index contributed by atoms with van der Waals surface area (Å²) in [4.78, 5) is 13.8. The van der Waals surface area contributed by atoms with Crippen molar-refractivity contribution in [2.45, 2.75) is 25.9 Å². The minimum absolute atomic E-state index is 0.0199. The van der Waals surface area contributed by atoms with Gasteiger partial charge in [0.15, 0.2) is 0 Å². The summed E-state index contributed by atoms with van der Waals surface area (Å²) in [5.41, 5.74) is 6.88. The number of hydrogen-bond donors (Lipinski definition) is 2. The maximum Gasteiger partial charge on any atom is 0.221 e. The Morgan fingerprint density at radius 2 is 2.15 bits per heavy atom. The lowest BCUT2D eigenvalue weighted by Crippen LogP contribution is -2.41. The van der Waals surface area contributed by atoms with Gasteiger partial charge in [-0.05, 0) is 20.0 Å². The highest BCUT2D eigenvalue weighted by molar-refractivity contribution is 5.76. The van der Waals surface area contributed by atoms with Crippen LogP contribution in [0.2, 0.25) is 0 Å². The van der Waals surface area contributed by atoms with E-state index in [1.807, 2.05) is 38.2 Å². The summed E-state index contributed by atoms with van der Waals surface area (Å²) in [5, 5.41) is 2.81. The first-order valence-corrected chi connectivity index (χ1v) is 6.91. The minimum Gasteiger partial charge on any atom is -0.496 e. The van der Waals surface area contributed by atoms with E-state index >= 15 is 0 Å². The number of nitrogens with one attached hydrogen (secondary N) is 1. The molecule has 1 atom stereocenters. The van der Waals surface area contributed by atoms with E-state index in [0.717, 1.165) is 11.3 Å². The van der Waals surface area contributed by atoms with Crippen molar-refractivity contribution < 1.29 is 9.53 Å². The molecule has 0 radical (unpaired) electrons. The van der Waals surface area contributed by atoms with E-state index in [0.29, 0.717) is 26.1 Å². The first kappa shape index (κ1) is 16.5. The zero-order valence-corrected chi connectivity index (χ0v) is 12.6. The van der Waals surface area contributed by atoms with E-state index in [2.05, 4.69) is 10.2 Å². The quantitative estimate of drug-likeness (QED) is 0.744. The molecule has 0 aliphatic heterocycles. The lowest BCUT2D eigenvalue weighted by molar-refractivity contribution is -0.122. The average Bonchev–Trinajstić information content (AvgIpc) is 2.45. The molecule has 5 nitrogen and oxygen atoms in total. The monoisotopic (exact) mass is 279 g/mol. The molecule has 0 spiro atoms. The number of likely N-dealkylation sites (N-methyl/N-ethyl adjacent to an activating group) is 1. The Morgan fingerprint density at radius 1 is 1.45 bits per heavy atom. The summed E-state index contributed by atoms with van der Waals surface area (Å²) in [6.45, 7) is 3.70. The number of carbonyl (C=O) groups is 1. The largest absolute Gasteiger partial charge is 0.496 e. The van der Waals surface area contributed by atoms with E-state index < -0.39 is 0 Å². The molecule has 1 rings (SSSR count). The fourth-order valence-corrected chi connectivity index (χ4v) is 2.13. The SMILES string of the molecule is CCNC(=O)CC(CN)N(C)Cc1ccccc1OC. The van der Waals surface area contributed by atoms with Gasteiger partial charge in [-0.1, -0.05) is 18.2 Å². The van der Waals surface area contributed by atoms with Crippen LogP contribution in [0.4, 0.5) is 0 Å². The number of ether oxygens (including phenoxy) is 1. The number of nitrogens with zero attached hydrogens (tertiary/aromatic N) is 1. The van der Waals surface area contributed by atoms with Crippen molar-refractivity contribution in [3.8, 4) is 5.75 Å². The van der Waals surface area contributed by atoms with Gasteiger partial charge in [0.2, 0.25) is 5.91 Å². The molecular weight excluding hydrogens is 254 g/mol. The van der Waals surface area contributed by atoms with Gasteiger partial charge in [-0.25, -0.2) is 0 Å². The van der Waals surface area contributed by atoms with Gasteiger partial charge in [0.05, 0.1) is 7.11 Å². The zero-order valence-electron chi connectivity index (χ0n) is 12.6. The van der Waals surface area contributed by atoms with Crippen LogP contribution in [0.1, 0.15) is 18.9 Å². The van der Waals surface area contributed by atoms with Crippen molar-refractivity contribution in [1.82, 2.24) is 10.2 Å².